The minimum Gasteiger partial charge on any atom is -0.267 e. The van der Waals surface area contributed by atoms with Crippen LogP contribution in [0.15, 0.2) is 59.2 Å². The number of carbonyl (C=O) groups excluding carboxylic acids is 1. The predicted molar refractivity (Wildman–Crippen MR) is 91.5 cm³/mol. The number of anilines is 1. The topological polar surface area (TPSA) is 32.7 Å². The van der Waals surface area contributed by atoms with Crippen molar-refractivity contribution >= 4 is 46.6 Å². The summed E-state index contributed by atoms with van der Waals surface area (Å²) in [6.45, 7) is 1.80. The lowest BCUT2D eigenvalue weighted by Gasteiger charge is -2.11. The summed E-state index contributed by atoms with van der Waals surface area (Å²) in [6, 6.07) is 14.3. The fourth-order valence-electron chi connectivity index (χ4n) is 2.19. The van der Waals surface area contributed by atoms with E-state index in [1.54, 1.807) is 43.3 Å². The molecular formula is C17H12Cl2N2O. The Kier molecular flexibility index (Phi) is 4.01. The van der Waals surface area contributed by atoms with Gasteiger partial charge in [-0.25, -0.2) is 0 Å². The van der Waals surface area contributed by atoms with Crippen molar-refractivity contribution < 1.29 is 4.79 Å². The van der Waals surface area contributed by atoms with E-state index in [9.17, 15) is 4.79 Å². The Balaban J connectivity index is 1.97. The molecule has 0 N–H and O–H groups in total. The van der Waals surface area contributed by atoms with E-state index >= 15 is 0 Å². The van der Waals surface area contributed by atoms with Crippen LogP contribution >= 0.6 is 23.2 Å². The molecule has 0 aliphatic carbocycles. The fraction of sp³-hybridized carbons (Fsp3) is 0.0588. The predicted octanol–water partition coefficient (Wildman–Crippen LogP) is 4.80. The summed E-state index contributed by atoms with van der Waals surface area (Å²) in [5, 5.41) is 6.90. The Bertz CT molecular complexity index is 795. The zero-order valence-electron chi connectivity index (χ0n) is 11.8. The van der Waals surface area contributed by atoms with E-state index in [1.807, 2.05) is 18.2 Å². The normalized spacial score (nSPS) is 16.3. The zero-order valence-corrected chi connectivity index (χ0v) is 13.3. The van der Waals surface area contributed by atoms with Gasteiger partial charge in [-0.3, -0.25) is 4.79 Å². The number of benzene rings is 2. The van der Waals surface area contributed by atoms with Crippen LogP contribution in [-0.2, 0) is 4.79 Å². The van der Waals surface area contributed by atoms with Crippen LogP contribution in [0.1, 0.15) is 12.5 Å². The van der Waals surface area contributed by atoms with Crippen LogP contribution in [0, 0.1) is 0 Å². The van der Waals surface area contributed by atoms with E-state index < -0.39 is 0 Å². The van der Waals surface area contributed by atoms with Crippen molar-refractivity contribution in [1.29, 1.82) is 0 Å². The van der Waals surface area contributed by atoms with Crippen molar-refractivity contribution in [3.05, 3.63) is 69.7 Å². The Labute approximate surface area is 138 Å². The minimum absolute atomic E-state index is 0.181. The maximum absolute atomic E-state index is 12.6. The first-order chi connectivity index (χ1) is 10.6. The molecular weight excluding hydrogens is 319 g/mol. The number of rotatable bonds is 2. The third-order valence-electron chi connectivity index (χ3n) is 3.34. The third-order valence-corrected chi connectivity index (χ3v) is 3.94. The first kappa shape index (κ1) is 14.8. The van der Waals surface area contributed by atoms with Crippen LogP contribution in [-0.4, -0.2) is 11.6 Å². The number of nitrogens with zero attached hydrogens (tertiary/aromatic N) is 2. The van der Waals surface area contributed by atoms with Crippen LogP contribution in [0.25, 0.3) is 6.08 Å². The summed E-state index contributed by atoms with van der Waals surface area (Å²) in [5.41, 5.74) is 2.65. The molecule has 0 atom stereocenters. The van der Waals surface area contributed by atoms with Gasteiger partial charge in [0.05, 0.1) is 17.0 Å². The molecule has 2 aromatic carbocycles. The van der Waals surface area contributed by atoms with Crippen molar-refractivity contribution in [3.63, 3.8) is 0 Å². The lowest BCUT2D eigenvalue weighted by molar-refractivity contribution is -0.114. The molecule has 2 aromatic rings. The summed E-state index contributed by atoms with van der Waals surface area (Å²) in [7, 11) is 0. The van der Waals surface area contributed by atoms with Gasteiger partial charge in [0.15, 0.2) is 0 Å². The number of amides is 1. The molecule has 0 spiro atoms. The monoisotopic (exact) mass is 330 g/mol. The van der Waals surface area contributed by atoms with Gasteiger partial charge in [-0.15, -0.1) is 0 Å². The van der Waals surface area contributed by atoms with Gasteiger partial charge in [-0.05, 0) is 48.9 Å². The molecule has 22 heavy (non-hydrogen) atoms. The van der Waals surface area contributed by atoms with E-state index in [-0.39, 0.29) is 5.91 Å². The van der Waals surface area contributed by atoms with Crippen molar-refractivity contribution in [1.82, 2.24) is 0 Å². The molecule has 1 aliphatic heterocycles. The van der Waals surface area contributed by atoms with E-state index in [0.717, 1.165) is 5.56 Å². The van der Waals surface area contributed by atoms with Gasteiger partial charge < -0.3 is 0 Å². The van der Waals surface area contributed by atoms with Crippen LogP contribution in [0.5, 0.6) is 0 Å². The SMILES string of the molecule is CC1=NN(c2ccc(Cl)cc2)C(=O)/C1=C\c1ccccc1Cl. The molecule has 3 rings (SSSR count). The summed E-state index contributed by atoms with van der Waals surface area (Å²) in [5.74, 6) is -0.181. The second kappa shape index (κ2) is 5.95. The van der Waals surface area contributed by atoms with Crippen LogP contribution in [0.3, 0.4) is 0 Å². The second-order valence-electron chi connectivity index (χ2n) is 4.86. The minimum atomic E-state index is -0.181. The highest BCUT2D eigenvalue weighted by Gasteiger charge is 2.28. The molecule has 1 heterocycles. The molecule has 1 aliphatic rings. The molecule has 3 nitrogen and oxygen atoms in total. The molecule has 0 fully saturated rings. The molecule has 0 bridgehead atoms. The highest BCUT2D eigenvalue weighted by molar-refractivity contribution is 6.35. The van der Waals surface area contributed by atoms with Gasteiger partial charge in [-0.1, -0.05) is 41.4 Å². The highest BCUT2D eigenvalue weighted by atomic mass is 35.5. The van der Waals surface area contributed by atoms with Gasteiger partial charge in [0.2, 0.25) is 0 Å². The zero-order chi connectivity index (χ0) is 15.7. The highest BCUT2D eigenvalue weighted by Crippen LogP contribution is 2.27. The van der Waals surface area contributed by atoms with Gasteiger partial charge in [0.25, 0.3) is 5.91 Å². The molecule has 0 saturated carbocycles. The van der Waals surface area contributed by atoms with E-state index in [2.05, 4.69) is 5.10 Å². The van der Waals surface area contributed by atoms with E-state index in [4.69, 9.17) is 23.2 Å². The smallest absolute Gasteiger partial charge is 0.267 e. The first-order valence-corrected chi connectivity index (χ1v) is 7.43. The number of carbonyl (C=O) groups is 1. The summed E-state index contributed by atoms with van der Waals surface area (Å²) in [4.78, 5) is 12.6. The third kappa shape index (κ3) is 2.78. The van der Waals surface area contributed by atoms with Crippen molar-refractivity contribution in [2.24, 2.45) is 5.10 Å². The molecule has 0 radical (unpaired) electrons. The lowest BCUT2D eigenvalue weighted by Crippen LogP contribution is -2.21. The van der Waals surface area contributed by atoms with E-state index in [0.29, 0.717) is 27.0 Å². The van der Waals surface area contributed by atoms with Gasteiger partial charge in [-0.2, -0.15) is 10.1 Å². The van der Waals surface area contributed by atoms with Gasteiger partial charge >= 0.3 is 0 Å². The quantitative estimate of drug-likeness (QED) is 0.728. The number of hydrazone groups is 1. The number of hydrogen-bond acceptors (Lipinski definition) is 2. The second-order valence-corrected chi connectivity index (χ2v) is 5.70. The maximum Gasteiger partial charge on any atom is 0.280 e. The van der Waals surface area contributed by atoms with Crippen molar-refractivity contribution in [2.75, 3.05) is 5.01 Å². The standard InChI is InChI=1S/C17H12Cl2N2O/c1-11-15(10-12-4-2-3-5-16(12)19)17(22)21(20-11)14-8-6-13(18)7-9-14/h2-10H,1H3/b15-10-. The average Bonchev–Trinajstić information content (AvgIpc) is 2.78. The maximum atomic E-state index is 12.6. The van der Waals surface area contributed by atoms with Crippen LogP contribution in [0.4, 0.5) is 5.69 Å². The molecule has 0 aromatic heterocycles. The lowest BCUT2D eigenvalue weighted by atomic mass is 10.1. The molecule has 0 unspecified atom stereocenters. The van der Waals surface area contributed by atoms with Gasteiger partial charge in [0.1, 0.15) is 0 Å². The Morgan fingerprint density at radius 3 is 2.41 bits per heavy atom. The van der Waals surface area contributed by atoms with Crippen molar-refractivity contribution in [3.8, 4) is 0 Å². The largest absolute Gasteiger partial charge is 0.280 e. The fourth-order valence-corrected chi connectivity index (χ4v) is 2.51. The summed E-state index contributed by atoms with van der Waals surface area (Å²) in [6.07, 6.45) is 1.76. The summed E-state index contributed by atoms with van der Waals surface area (Å²) >= 11 is 12.0. The average molecular weight is 331 g/mol. The molecule has 110 valence electrons. The Hall–Kier alpha value is -2.10. The summed E-state index contributed by atoms with van der Waals surface area (Å²) < 4.78 is 0. The van der Waals surface area contributed by atoms with Gasteiger partial charge in [0, 0.05) is 10.0 Å². The first-order valence-electron chi connectivity index (χ1n) is 6.68. The number of hydrogen-bond donors (Lipinski definition) is 0. The molecule has 0 saturated heterocycles. The molecule has 5 heteroatoms. The van der Waals surface area contributed by atoms with Crippen molar-refractivity contribution in [2.45, 2.75) is 6.92 Å². The number of halogens is 2. The molecule has 1 amide bonds. The van der Waals surface area contributed by atoms with E-state index in [1.165, 1.54) is 5.01 Å². The van der Waals surface area contributed by atoms with Crippen LogP contribution < -0.4 is 5.01 Å². The Morgan fingerprint density at radius 1 is 1.05 bits per heavy atom. The van der Waals surface area contributed by atoms with Crippen LogP contribution in [0.2, 0.25) is 10.0 Å². The Morgan fingerprint density at radius 2 is 1.73 bits per heavy atom.